The smallest absolute Gasteiger partial charge is 0.338 e. The van der Waals surface area contributed by atoms with Crippen molar-refractivity contribution in [3.05, 3.63) is 0 Å². The molecule has 0 bridgehead atoms. The molecule has 0 aliphatic carbocycles. The van der Waals surface area contributed by atoms with Crippen molar-refractivity contribution in [2.75, 3.05) is 39.4 Å². The van der Waals surface area contributed by atoms with E-state index in [9.17, 15) is 8.42 Å². The Hall–Kier alpha value is -0.210. The van der Waals surface area contributed by atoms with Crippen molar-refractivity contribution in [1.29, 1.82) is 0 Å². The third-order valence-corrected chi connectivity index (χ3v) is 3.18. The summed E-state index contributed by atoms with van der Waals surface area (Å²) in [4.78, 5) is 0. The van der Waals surface area contributed by atoms with Crippen LogP contribution in [0.5, 0.6) is 0 Å². The largest absolute Gasteiger partial charge is 0.394 e. The summed E-state index contributed by atoms with van der Waals surface area (Å²) >= 11 is 0. The fourth-order valence-electron chi connectivity index (χ4n) is 1.09. The van der Waals surface area contributed by atoms with E-state index in [2.05, 4.69) is 9.50 Å². The molecule has 1 aliphatic heterocycles. The van der Waals surface area contributed by atoms with Gasteiger partial charge in [0.25, 0.3) is 0 Å². The van der Waals surface area contributed by atoms with Gasteiger partial charge < -0.3 is 10.4 Å². The summed E-state index contributed by atoms with van der Waals surface area (Å²) in [6, 6.07) is 0. The van der Waals surface area contributed by atoms with Crippen LogP contribution in [-0.2, 0) is 14.5 Å². The van der Waals surface area contributed by atoms with Crippen molar-refractivity contribution in [2.24, 2.45) is 0 Å². The highest BCUT2D eigenvalue weighted by molar-refractivity contribution is 7.84. The predicted octanol–water partition coefficient (Wildman–Crippen LogP) is -1.85. The van der Waals surface area contributed by atoms with Crippen molar-refractivity contribution >= 4 is 10.3 Å². The lowest BCUT2D eigenvalue weighted by molar-refractivity contribution is 0.187. The lowest BCUT2D eigenvalue weighted by atomic mass is 10.4. The number of rotatable bonds is 4. The Balaban J connectivity index is 2.47. The Bertz CT molecular complexity index is 235. The maximum Gasteiger partial charge on any atom is 0.338 e. The average molecular weight is 210 g/mol. The maximum atomic E-state index is 11.3. The number of aliphatic hydroxyl groups excluding tert-OH is 1. The Morgan fingerprint density at radius 1 is 1.38 bits per heavy atom. The molecule has 1 fully saturated rings. The molecule has 0 unspecified atom stereocenters. The van der Waals surface area contributed by atoms with E-state index in [0.29, 0.717) is 26.2 Å². The van der Waals surface area contributed by atoms with Gasteiger partial charge in [-0.15, -0.1) is 0 Å². The van der Waals surface area contributed by atoms with Crippen molar-refractivity contribution in [3.8, 4) is 0 Å². The van der Waals surface area contributed by atoms with E-state index < -0.39 is 10.3 Å². The molecule has 0 aromatic rings. The first-order chi connectivity index (χ1) is 6.17. The van der Waals surface area contributed by atoms with Gasteiger partial charge in [0.05, 0.1) is 13.2 Å². The van der Waals surface area contributed by atoms with Crippen molar-refractivity contribution in [1.82, 2.24) is 9.62 Å². The van der Waals surface area contributed by atoms with E-state index in [0.717, 1.165) is 0 Å². The van der Waals surface area contributed by atoms with E-state index in [1.54, 1.807) is 0 Å². The maximum absolute atomic E-state index is 11.3. The van der Waals surface area contributed by atoms with Crippen molar-refractivity contribution in [2.45, 2.75) is 0 Å². The number of hydrogen-bond donors (Lipinski definition) is 2. The molecular weight excluding hydrogens is 196 g/mol. The van der Waals surface area contributed by atoms with Crippen LogP contribution < -0.4 is 5.32 Å². The van der Waals surface area contributed by atoms with Crippen LogP contribution in [-0.4, -0.2) is 57.2 Å². The van der Waals surface area contributed by atoms with Gasteiger partial charge in [-0.05, 0) is 0 Å². The lowest BCUT2D eigenvalue weighted by Gasteiger charge is -2.25. The zero-order chi connectivity index (χ0) is 9.73. The van der Waals surface area contributed by atoms with Crippen molar-refractivity contribution < 1.29 is 17.7 Å². The molecule has 1 aliphatic rings. The van der Waals surface area contributed by atoms with Gasteiger partial charge in [0.1, 0.15) is 0 Å². The standard InChI is InChI=1S/C6H14N2O4S/c9-5-6-12-13(10,11)8-3-1-7-2-4-8/h7,9H,1-6H2. The van der Waals surface area contributed by atoms with E-state index in [1.807, 2.05) is 0 Å². The molecule has 78 valence electrons. The van der Waals surface area contributed by atoms with E-state index in [1.165, 1.54) is 4.31 Å². The monoisotopic (exact) mass is 210 g/mol. The molecule has 1 rings (SSSR count). The zero-order valence-electron chi connectivity index (χ0n) is 7.27. The van der Waals surface area contributed by atoms with Crippen LogP contribution >= 0.6 is 0 Å². The zero-order valence-corrected chi connectivity index (χ0v) is 8.09. The summed E-state index contributed by atoms with van der Waals surface area (Å²) in [6.45, 7) is 1.67. The number of piperazine rings is 1. The predicted molar refractivity (Wildman–Crippen MR) is 46.4 cm³/mol. The molecular formula is C6H14N2O4S. The minimum Gasteiger partial charge on any atom is -0.394 e. The summed E-state index contributed by atoms with van der Waals surface area (Å²) in [5.41, 5.74) is 0. The fourth-order valence-corrected chi connectivity index (χ4v) is 2.15. The van der Waals surface area contributed by atoms with Crippen LogP contribution in [0.25, 0.3) is 0 Å². The molecule has 0 spiro atoms. The molecule has 0 radical (unpaired) electrons. The molecule has 13 heavy (non-hydrogen) atoms. The van der Waals surface area contributed by atoms with Crippen LogP contribution in [0.3, 0.4) is 0 Å². The number of aliphatic hydroxyl groups is 1. The second kappa shape index (κ2) is 4.87. The van der Waals surface area contributed by atoms with Gasteiger partial charge in [0, 0.05) is 26.2 Å². The molecule has 1 heterocycles. The van der Waals surface area contributed by atoms with Crippen LogP contribution in [0, 0.1) is 0 Å². The lowest BCUT2D eigenvalue weighted by Crippen LogP contribution is -2.47. The van der Waals surface area contributed by atoms with Gasteiger partial charge in [-0.2, -0.15) is 12.7 Å². The van der Waals surface area contributed by atoms with E-state index in [-0.39, 0.29) is 13.2 Å². The molecule has 6 nitrogen and oxygen atoms in total. The molecule has 7 heteroatoms. The van der Waals surface area contributed by atoms with Gasteiger partial charge >= 0.3 is 10.3 Å². The highest BCUT2D eigenvalue weighted by Crippen LogP contribution is 2.03. The summed E-state index contributed by atoms with van der Waals surface area (Å²) in [5, 5.41) is 11.4. The number of nitrogens with one attached hydrogen (secondary N) is 1. The number of nitrogens with zero attached hydrogens (tertiary/aromatic N) is 1. The second-order valence-corrected chi connectivity index (χ2v) is 4.26. The SMILES string of the molecule is O=S(=O)(OCCO)N1CCNCC1. The third kappa shape index (κ3) is 3.20. The molecule has 1 saturated heterocycles. The van der Waals surface area contributed by atoms with Crippen LogP contribution in [0.1, 0.15) is 0 Å². The van der Waals surface area contributed by atoms with Crippen molar-refractivity contribution in [3.63, 3.8) is 0 Å². The Labute approximate surface area is 77.7 Å². The minimum atomic E-state index is -3.61. The topological polar surface area (TPSA) is 78.9 Å². The molecule has 2 N–H and O–H groups in total. The quantitative estimate of drug-likeness (QED) is 0.569. The van der Waals surface area contributed by atoms with Crippen LogP contribution in [0.15, 0.2) is 0 Å². The Morgan fingerprint density at radius 2 is 2.00 bits per heavy atom. The first-order valence-electron chi connectivity index (χ1n) is 4.13. The Kier molecular flexibility index (Phi) is 4.07. The third-order valence-electron chi connectivity index (χ3n) is 1.72. The first kappa shape index (κ1) is 10.9. The highest BCUT2D eigenvalue weighted by Gasteiger charge is 2.23. The molecule has 0 atom stereocenters. The van der Waals surface area contributed by atoms with E-state index in [4.69, 9.17) is 5.11 Å². The van der Waals surface area contributed by atoms with Gasteiger partial charge in [-0.3, -0.25) is 4.18 Å². The van der Waals surface area contributed by atoms with Gasteiger partial charge in [-0.25, -0.2) is 0 Å². The summed E-state index contributed by atoms with van der Waals surface area (Å²) < 4.78 is 28.4. The van der Waals surface area contributed by atoms with Crippen LogP contribution in [0.2, 0.25) is 0 Å². The first-order valence-corrected chi connectivity index (χ1v) is 5.49. The van der Waals surface area contributed by atoms with Gasteiger partial charge in [0.2, 0.25) is 0 Å². The average Bonchev–Trinajstić information content (AvgIpc) is 2.16. The van der Waals surface area contributed by atoms with Crippen LogP contribution in [0.4, 0.5) is 0 Å². The summed E-state index contributed by atoms with van der Waals surface area (Å²) in [5.74, 6) is 0. The summed E-state index contributed by atoms with van der Waals surface area (Å²) in [7, 11) is -3.61. The van der Waals surface area contributed by atoms with Gasteiger partial charge in [0.15, 0.2) is 0 Å². The normalized spacial score (nSPS) is 20.4. The summed E-state index contributed by atoms with van der Waals surface area (Å²) in [6.07, 6.45) is 0. The number of hydrogen-bond acceptors (Lipinski definition) is 5. The second-order valence-electron chi connectivity index (χ2n) is 2.65. The Morgan fingerprint density at radius 3 is 2.54 bits per heavy atom. The fraction of sp³-hybridized carbons (Fsp3) is 1.00. The van der Waals surface area contributed by atoms with E-state index >= 15 is 0 Å². The molecule has 0 amide bonds. The molecule has 0 aromatic heterocycles. The molecule has 0 saturated carbocycles. The minimum absolute atomic E-state index is 0.174. The van der Waals surface area contributed by atoms with Gasteiger partial charge in [-0.1, -0.05) is 0 Å². The highest BCUT2D eigenvalue weighted by atomic mass is 32.2. The molecule has 0 aromatic carbocycles.